The van der Waals surface area contributed by atoms with Gasteiger partial charge in [-0.25, -0.2) is 18.0 Å². The van der Waals surface area contributed by atoms with Crippen molar-refractivity contribution in [3.05, 3.63) is 52.8 Å². The van der Waals surface area contributed by atoms with E-state index in [0.717, 1.165) is 44.0 Å². The molecule has 2 aromatic rings. The number of carboxylic acid groups (broad SMARTS) is 1. The molecule has 0 heterocycles. The minimum Gasteiger partial charge on any atom is -0.481 e. The number of aliphatic carboxylic acids is 1. The van der Waals surface area contributed by atoms with E-state index in [2.05, 4.69) is 29.4 Å². The molecular formula is C31H39ClF3N3O4. The van der Waals surface area contributed by atoms with Crippen LogP contribution in [0.1, 0.15) is 70.3 Å². The number of anilines is 3. The fourth-order valence-electron chi connectivity index (χ4n) is 5.54. The summed E-state index contributed by atoms with van der Waals surface area (Å²) < 4.78 is 46.6. The second kappa shape index (κ2) is 14.0. The quantitative estimate of drug-likeness (QED) is 0.213. The number of carboxylic acids is 1. The maximum absolute atomic E-state index is 14.4. The molecule has 0 radical (unpaired) electrons. The highest BCUT2D eigenvalue weighted by molar-refractivity contribution is 6.30. The monoisotopic (exact) mass is 609 g/mol. The van der Waals surface area contributed by atoms with Crippen molar-refractivity contribution < 1.29 is 32.6 Å². The summed E-state index contributed by atoms with van der Waals surface area (Å²) >= 11 is 5.84. The maximum Gasteiger partial charge on any atom is 0.323 e. The minimum atomic E-state index is -2.73. The zero-order valence-electron chi connectivity index (χ0n) is 24.0. The molecule has 2 atom stereocenters. The molecule has 0 spiro atoms. The lowest BCUT2D eigenvalue weighted by atomic mass is 9.91. The van der Waals surface area contributed by atoms with Gasteiger partial charge in [0.05, 0.1) is 42.6 Å². The van der Waals surface area contributed by atoms with E-state index in [1.54, 1.807) is 6.07 Å². The first-order valence-electron chi connectivity index (χ1n) is 14.5. The second-order valence-corrected chi connectivity index (χ2v) is 12.2. The number of urea groups is 1. The highest BCUT2D eigenvalue weighted by Crippen LogP contribution is 2.48. The Balaban J connectivity index is 1.64. The van der Waals surface area contributed by atoms with E-state index in [4.69, 9.17) is 16.3 Å². The lowest BCUT2D eigenvalue weighted by molar-refractivity contribution is -0.137. The maximum atomic E-state index is 14.4. The number of ether oxygens (including phenoxy) is 1. The van der Waals surface area contributed by atoms with E-state index in [-0.39, 0.29) is 42.8 Å². The van der Waals surface area contributed by atoms with Crippen molar-refractivity contribution in [1.82, 2.24) is 0 Å². The Morgan fingerprint density at radius 1 is 1.10 bits per heavy atom. The molecule has 2 aromatic carbocycles. The van der Waals surface area contributed by atoms with Gasteiger partial charge in [0, 0.05) is 29.9 Å². The Hall–Kier alpha value is -2.98. The third kappa shape index (κ3) is 8.77. The molecular weight excluding hydrogens is 571 g/mol. The van der Waals surface area contributed by atoms with Crippen LogP contribution in [0.25, 0.3) is 0 Å². The number of nitrogens with one attached hydrogen (secondary N) is 2. The Labute approximate surface area is 249 Å². The SMILES string of the molecule is CC(C)CN(c1ccc(C(COCC2CC2(F)F)CC(=O)O)cc1NC(=O)Nc1ccc(Cl)cc1F)C1CCCCC1. The van der Waals surface area contributed by atoms with Crippen molar-refractivity contribution in [3.63, 3.8) is 0 Å². The molecule has 0 aromatic heterocycles. The van der Waals surface area contributed by atoms with Gasteiger partial charge >= 0.3 is 12.0 Å². The number of amides is 2. The van der Waals surface area contributed by atoms with Gasteiger partial charge in [-0.2, -0.15) is 0 Å². The van der Waals surface area contributed by atoms with Gasteiger partial charge in [0.25, 0.3) is 5.92 Å². The van der Waals surface area contributed by atoms with Crippen molar-refractivity contribution in [2.45, 2.75) is 76.7 Å². The van der Waals surface area contributed by atoms with Crippen molar-refractivity contribution in [3.8, 4) is 0 Å². The zero-order valence-corrected chi connectivity index (χ0v) is 24.7. The molecule has 3 N–H and O–H groups in total. The zero-order chi connectivity index (χ0) is 30.4. The van der Waals surface area contributed by atoms with E-state index in [1.165, 1.54) is 18.6 Å². The molecule has 0 aliphatic heterocycles. The highest BCUT2D eigenvalue weighted by atomic mass is 35.5. The minimum absolute atomic E-state index is 0.0463. The lowest BCUT2D eigenvalue weighted by Crippen LogP contribution is -2.40. The fourth-order valence-corrected chi connectivity index (χ4v) is 5.70. The van der Waals surface area contributed by atoms with Crippen LogP contribution < -0.4 is 15.5 Å². The molecule has 0 bridgehead atoms. The first-order chi connectivity index (χ1) is 19.9. The summed E-state index contributed by atoms with van der Waals surface area (Å²) in [4.78, 5) is 27.1. The molecule has 230 valence electrons. The van der Waals surface area contributed by atoms with Crippen LogP contribution in [0.3, 0.4) is 0 Å². The third-order valence-corrected chi connectivity index (χ3v) is 8.06. The van der Waals surface area contributed by atoms with Gasteiger partial charge in [0.15, 0.2) is 0 Å². The highest BCUT2D eigenvalue weighted by Gasteiger charge is 2.56. The predicted octanol–water partition coefficient (Wildman–Crippen LogP) is 8.15. The normalized spacial score (nSPS) is 18.9. The average molecular weight is 610 g/mol. The van der Waals surface area contributed by atoms with Gasteiger partial charge in [-0.05, 0) is 54.7 Å². The van der Waals surface area contributed by atoms with Crippen LogP contribution in [-0.4, -0.2) is 48.8 Å². The van der Waals surface area contributed by atoms with Gasteiger partial charge in [-0.1, -0.05) is 50.8 Å². The van der Waals surface area contributed by atoms with Gasteiger partial charge in [0.2, 0.25) is 0 Å². The van der Waals surface area contributed by atoms with E-state index < -0.39 is 35.6 Å². The molecule has 2 unspecified atom stereocenters. The van der Waals surface area contributed by atoms with Crippen molar-refractivity contribution >= 4 is 40.7 Å². The molecule has 2 saturated carbocycles. The number of alkyl halides is 2. The van der Waals surface area contributed by atoms with E-state index in [0.29, 0.717) is 17.2 Å². The van der Waals surface area contributed by atoms with Gasteiger partial charge in [-0.15, -0.1) is 0 Å². The summed E-state index contributed by atoms with van der Waals surface area (Å²) in [5.41, 5.74) is 1.76. The molecule has 2 amide bonds. The number of carbonyl (C=O) groups excluding carboxylic acids is 1. The van der Waals surface area contributed by atoms with Crippen LogP contribution in [-0.2, 0) is 9.53 Å². The Bertz CT molecular complexity index is 1260. The molecule has 2 aliphatic carbocycles. The van der Waals surface area contributed by atoms with Gasteiger partial charge < -0.3 is 25.4 Å². The first-order valence-corrected chi connectivity index (χ1v) is 14.9. The van der Waals surface area contributed by atoms with Crippen LogP contribution in [0, 0.1) is 17.7 Å². The smallest absolute Gasteiger partial charge is 0.323 e. The number of hydrogen-bond donors (Lipinski definition) is 3. The molecule has 4 rings (SSSR count). The number of rotatable bonds is 13. The van der Waals surface area contributed by atoms with Gasteiger partial charge in [-0.3, -0.25) is 4.79 Å². The standard InChI is InChI=1S/C31H39ClF3N3O4/c1-19(2)16-38(24-6-4-3-5-7-24)28-11-8-20(21(13-29(39)40)17-42-18-22-15-31(22,34)35)12-27(28)37-30(41)36-26-10-9-23(32)14-25(26)33/h8-12,14,19,21-22,24H,3-7,13,15-18H2,1-2H3,(H,39,40)(H2,36,37,41). The molecule has 2 aliphatic rings. The molecule has 0 saturated heterocycles. The third-order valence-electron chi connectivity index (χ3n) is 7.82. The van der Waals surface area contributed by atoms with E-state index >= 15 is 0 Å². The van der Waals surface area contributed by atoms with E-state index in [9.17, 15) is 27.9 Å². The van der Waals surface area contributed by atoms with Crippen LogP contribution in [0.2, 0.25) is 5.02 Å². The van der Waals surface area contributed by atoms with E-state index in [1.807, 2.05) is 12.1 Å². The number of benzene rings is 2. The van der Waals surface area contributed by atoms with Crippen LogP contribution in [0.5, 0.6) is 0 Å². The summed E-state index contributed by atoms with van der Waals surface area (Å²) in [5, 5.41) is 15.2. The Kier molecular flexibility index (Phi) is 10.6. The molecule has 42 heavy (non-hydrogen) atoms. The number of carbonyl (C=O) groups is 2. The van der Waals surface area contributed by atoms with Crippen molar-refractivity contribution in [2.24, 2.45) is 11.8 Å². The Morgan fingerprint density at radius 2 is 1.79 bits per heavy atom. The molecule has 7 nitrogen and oxygen atoms in total. The number of hydrogen-bond acceptors (Lipinski definition) is 4. The average Bonchev–Trinajstić information content (AvgIpc) is 3.54. The van der Waals surface area contributed by atoms with Crippen molar-refractivity contribution in [1.29, 1.82) is 0 Å². The van der Waals surface area contributed by atoms with Gasteiger partial charge in [0.1, 0.15) is 5.82 Å². The number of nitrogens with zero attached hydrogens (tertiary/aromatic N) is 1. The van der Waals surface area contributed by atoms with Crippen molar-refractivity contribution in [2.75, 3.05) is 35.3 Å². The first kappa shape index (κ1) is 31.9. The van der Waals surface area contributed by atoms with Crippen LogP contribution in [0.15, 0.2) is 36.4 Å². The summed E-state index contributed by atoms with van der Waals surface area (Å²) in [5.74, 6) is -5.62. The second-order valence-electron chi connectivity index (χ2n) is 11.8. The summed E-state index contributed by atoms with van der Waals surface area (Å²) in [6, 6.07) is 8.92. The largest absolute Gasteiger partial charge is 0.481 e. The molecule has 11 heteroatoms. The fraction of sp³-hybridized carbons (Fsp3) is 0.548. The topological polar surface area (TPSA) is 90.9 Å². The molecule has 2 fully saturated rings. The summed E-state index contributed by atoms with van der Waals surface area (Å²) in [6.45, 7) is 4.78. The van der Waals surface area contributed by atoms with Crippen LogP contribution >= 0.6 is 11.6 Å². The Morgan fingerprint density at radius 3 is 2.40 bits per heavy atom. The summed E-state index contributed by atoms with van der Waals surface area (Å²) in [7, 11) is 0. The van der Waals surface area contributed by atoms with Crippen LogP contribution in [0.4, 0.5) is 35.0 Å². The predicted molar refractivity (Wildman–Crippen MR) is 158 cm³/mol. The lowest BCUT2D eigenvalue weighted by Gasteiger charge is -2.38. The summed E-state index contributed by atoms with van der Waals surface area (Å²) in [6.07, 6.45) is 4.91. The number of halogens is 4.